The van der Waals surface area contributed by atoms with Crippen LogP contribution in [0, 0.1) is 0 Å². The van der Waals surface area contributed by atoms with Gasteiger partial charge in [0.2, 0.25) is 0 Å². The summed E-state index contributed by atoms with van der Waals surface area (Å²) in [5.74, 6) is 1.55. The van der Waals surface area contributed by atoms with Gasteiger partial charge in [0.25, 0.3) is 0 Å². The van der Waals surface area contributed by atoms with Crippen molar-refractivity contribution in [2.75, 3.05) is 29.7 Å². The molecule has 1 rings (SSSR count). The third-order valence-electron chi connectivity index (χ3n) is 5.13. The van der Waals surface area contributed by atoms with Crippen LogP contribution in [0.5, 0.6) is 5.75 Å². The Bertz CT molecular complexity index is 516. The molecule has 0 unspecified atom stereocenters. The number of hydrogen-bond acceptors (Lipinski definition) is 3. The van der Waals surface area contributed by atoms with E-state index < -0.39 is 0 Å². The summed E-state index contributed by atoms with van der Waals surface area (Å²) in [5, 5.41) is 0. The van der Waals surface area contributed by atoms with E-state index in [0.717, 1.165) is 31.6 Å². The van der Waals surface area contributed by atoms with Crippen LogP contribution in [0.4, 0.5) is 5.69 Å². The molecule has 0 atom stereocenters. The fraction of sp³-hybridized carbons (Fsp3) is 0.708. The molecule has 0 spiro atoms. The molecule has 0 aliphatic carbocycles. The van der Waals surface area contributed by atoms with E-state index in [1.165, 1.54) is 57.8 Å². The number of benzene rings is 1. The van der Waals surface area contributed by atoms with Crippen molar-refractivity contribution in [3.8, 4) is 5.75 Å². The Morgan fingerprint density at radius 3 is 1.76 bits per heavy atom. The first-order chi connectivity index (χ1) is 14.2. The second kappa shape index (κ2) is 17.9. The van der Waals surface area contributed by atoms with Gasteiger partial charge in [0.05, 0.1) is 0 Å². The van der Waals surface area contributed by atoms with Gasteiger partial charge >= 0.3 is 5.97 Å². The first-order valence-electron chi connectivity index (χ1n) is 11.4. The highest BCUT2D eigenvalue weighted by molar-refractivity contribution is 6.18. The Morgan fingerprint density at radius 2 is 1.28 bits per heavy atom. The second-order valence-corrected chi connectivity index (χ2v) is 8.37. The van der Waals surface area contributed by atoms with Crippen LogP contribution in [0.1, 0.15) is 84.0 Å². The molecule has 0 saturated heterocycles. The van der Waals surface area contributed by atoms with E-state index >= 15 is 0 Å². The quantitative estimate of drug-likeness (QED) is 0.101. The monoisotopic (exact) mass is 443 g/mol. The highest BCUT2D eigenvalue weighted by Gasteiger charge is 2.08. The Morgan fingerprint density at radius 1 is 0.793 bits per heavy atom. The van der Waals surface area contributed by atoms with E-state index in [1.807, 2.05) is 24.3 Å². The summed E-state index contributed by atoms with van der Waals surface area (Å²) < 4.78 is 5.45. The maximum Gasteiger partial charge on any atom is 0.311 e. The maximum atomic E-state index is 12.0. The van der Waals surface area contributed by atoms with Crippen molar-refractivity contribution in [1.82, 2.24) is 0 Å². The van der Waals surface area contributed by atoms with Crippen molar-refractivity contribution in [3.05, 3.63) is 24.3 Å². The van der Waals surface area contributed by atoms with E-state index in [4.69, 9.17) is 27.9 Å². The lowest BCUT2D eigenvalue weighted by atomic mass is 10.1. The van der Waals surface area contributed by atoms with Gasteiger partial charge in [-0.15, -0.1) is 23.2 Å². The normalized spacial score (nSPS) is 10.9. The zero-order chi connectivity index (χ0) is 21.2. The molecule has 0 aliphatic rings. The summed E-state index contributed by atoms with van der Waals surface area (Å²) in [6.07, 6.45) is 14.5. The van der Waals surface area contributed by atoms with E-state index in [-0.39, 0.29) is 5.97 Å². The van der Waals surface area contributed by atoms with Gasteiger partial charge in [-0.1, -0.05) is 71.1 Å². The molecule has 0 bridgehead atoms. The zero-order valence-corrected chi connectivity index (χ0v) is 19.7. The van der Waals surface area contributed by atoms with Gasteiger partial charge in [0.1, 0.15) is 5.75 Å². The Hall–Kier alpha value is -0.930. The minimum absolute atomic E-state index is 0.146. The molecule has 0 fully saturated rings. The molecule has 0 radical (unpaired) electrons. The molecule has 0 N–H and O–H groups in total. The smallest absolute Gasteiger partial charge is 0.311 e. The number of carbonyl (C=O) groups excluding carboxylic acids is 1. The third kappa shape index (κ3) is 13.1. The predicted octanol–water partition coefficient (Wildman–Crippen LogP) is 7.58. The Labute approximate surface area is 188 Å². The second-order valence-electron chi connectivity index (χ2n) is 7.62. The van der Waals surface area contributed by atoms with Crippen molar-refractivity contribution >= 4 is 34.9 Å². The van der Waals surface area contributed by atoms with Crippen LogP contribution < -0.4 is 9.64 Å². The van der Waals surface area contributed by atoms with Gasteiger partial charge in [-0.2, -0.15) is 0 Å². The Balaban J connectivity index is 2.12. The lowest BCUT2D eigenvalue weighted by molar-refractivity contribution is -0.134. The predicted molar refractivity (Wildman–Crippen MR) is 127 cm³/mol. The van der Waals surface area contributed by atoms with Crippen molar-refractivity contribution in [2.24, 2.45) is 0 Å². The van der Waals surface area contributed by atoms with Crippen LogP contribution in [0.25, 0.3) is 0 Å². The summed E-state index contributed by atoms with van der Waals surface area (Å²) in [6, 6.07) is 7.57. The van der Waals surface area contributed by atoms with Crippen LogP contribution in [-0.4, -0.2) is 30.8 Å². The summed E-state index contributed by atoms with van der Waals surface area (Å²) in [7, 11) is 0. The topological polar surface area (TPSA) is 29.5 Å². The molecule has 3 nitrogen and oxygen atoms in total. The number of anilines is 1. The first kappa shape index (κ1) is 26.1. The number of ether oxygens (including phenoxy) is 1. The number of nitrogens with zero attached hydrogens (tertiary/aromatic N) is 1. The molecule has 166 valence electrons. The van der Waals surface area contributed by atoms with Crippen LogP contribution >= 0.6 is 23.2 Å². The van der Waals surface area contributed by atoms with Crippen molar-refractivity contribution in [2.45, 2.75) is 84.0 Å². The number of alkyl halides is 2. The third-order valence-corrected chi connectivity index (χ3v) is 5.46. The van der Waals surface area contributed by atoms with E-state index in [1.54, 1.807) is 0 Å². The minimum atomic E-state index is -0.146. The standard InChI is InChI=1S/C24H39Cl2NO2/c1-2-3-4-5-6-7-8-9-10-11-12-13-24(28)29-23-16-14-22(15-17-23)27(20-18-25)21-19-26/h14-17H,2-13,18-21H2,1H3. The zero-order valence-electron chi connectivity index (χ0n) is 18.1. The summed E-state index contributed by atoms with van der Waals surface area (Å²) >= 11 is 11.7. The van der Waals surface area contributed by atoms with Gasteiger partial charge in [0, 0.05) is 37.0 Å². The number of hydrogen-bond donors (Lipinski definition) is 0. The van der Waals surface area contributed by atoms with Gasteiger partial charge in [0.15, 0.2) is 0 Å². The summed E-state index contributed by atoms with van der Waals surface area (Å²) in [4.78, 5) is 14.2. The summed E-state index contributed by atoms with van der Waals surface area (Å²) in [5.41, 5.74) is 1.04. The van der Waals surface area contributed by atoms with Crippen molar-refractivity contribution in [3.63, 3.8) is 0 Å². The first-order valence-corrected chi connectivity index (χ1v) is 12.5. The molecule has 1 aromatic rings. The number of rotatable bonds is 18. The van der Waals surface area contributed by atoms with Crippen molar-refractivity contribution in [1.29, 1.82) is 0 Å². The van der Waals surface area contributed by atoms with Gasteiger partial charge < -0.3 is 9.64 Å². The minimum Gasteiger partial charge on any atom is -0.427 e. The van der Waals surface area contributed by atoms with Crippen LogP contribution in [0.15, 0.2) is 24.3 Å². The van der Waals surface area contributed by atoms with E-state index in [0.29, 0.717) is 23.9 Å². The molecule has 0 aromatic heterocycles. The molecule has 0 saturated carbocycles. The lowest BCUT2D eigenvalue weighted by Gasteiger charge is -2.22. The summed E-state index contributed by atoms with van der Waals surface area (Å²) in [6.45, 7) is 3.74. The Kier molecular flexibility index (Phi) is 16.1. The average Bonchev–Trinajstić information content (AvgIpc) is 2.72. The molecule has 0 aliphatic heterocycles. The maximum absolute atomic E-state index is 12.0. The van der Waals surface area contributed by atoms with E-state index in [9.17, 15) is 4.79 Å². The molecule has 1 aromatic carbocycles. The fourth-order valence-electron chi connectivity index (χ4n) is 3.42. The number of halogens is 2. The lowest BCUT2D eigenvalue weighted by Crippen LogP contribution is -2.27. The van der Waals surface area contributed by atoms with Crippen LogP contribution in [0.2, 0.25) is 0 Å². The molecule has 0 amide bonds. The average molecular weight is 444 g/mol. The largest absolute Gasteiger partial charge is 0.427 e. The highest BCUT2D eigenvalue weighted by Crippen LogP contribution is 2.20. The fourth-order valence-corrected chi connectivity index (χ4v) is 3.82. The van der Waals surface area contributed by atoms with E-state index in [2.05, 4.69) is 11.8 Å². The van der Waals surface area contributed by atoms with Crippen molar-refractivity contribution < 1.29 is 9.53 Å². The number of unbranched alkanes of at least 4 members (excludes halogenated alkanes) is 10. The van der Waals surface area contributed by atoms with Gasteiger partial charge in [-0.05, 0) is 30.7 Å². The SMILES string of the molecule is CCCCCCCCCCCCCC(=O)Oc1ccc(N(CCCl)CCCl)cc1. The molecular formula is C24H39Cl2NO2. The van der Waals surface area contributed by atoms with Gasteiger partial charge in [-0.25, -0.2) is 0 Å². The van der Waals surface area contributed by atoms with Gasteiger partial charge in [-0.3, -0.25) is 4.79 Å². The van der Waals surface area contributed by atoms with Crippen LogP contribution in [-0.2, 0) is 4.79 Å². The molecule has 0 heterocycles. The highest BCUT2D eigenvalue weighted by atomic mass is 35.5. The molecule has 29 heavy (non-hydrogen) atoms. The molecular weight excluding hydrogens is 405 g/mol. The number of carbonyl (C=O) groups is 1. The van der Waals surface area contributed by atoms with Crippen LogP contribution in [0.3, 0.4) is 0 Å². The number of esters is 1. The molecule has 5 heteroatoms.